The number of H-pyrrole nitrogens is 2. The maximum Gasteiger partial charge on any atom is 0.276 e. The Morgan fingerprint density at radius 1 is 0.941 bits per heavy atom. The van der Waals surface area contributed by atoms with Crippen LogP contribution in [0.25, 0.3) is 33.3 Å². The minimum atomic E-state index is -0.277. The van der Waals surface area contributed by atoms with Crippen LogP contribution in [0.1, 0.15) is 25.7 Å². The van der Waals surface area contributed by atoms with E-state index < -0.39 is 0 Å². The second kappa shape index (κ2) is 9.77. The summed E-state index contributed by atoms with van der Waals surface area (Å²) in [6, 6.07) is 11.3. The highest BCUT2D eigenvalue weighted by Crippen LogP contribution is 2.31. The molecule has 0 radical (unpaired) electrons. The standard InChI is InChI=1S/C26H30N4O4/c1-32-23-15-20-21(16-24(23)33-2)29-26(31)25(28-20)22-13-17-7-8-18(14-19(17)27-22)34-12-6-11-30-9-4-3-5-10-30/h7-8,13-16,27H,3-6,9-12H2,1-2H3,(H,29,31). The van der Waals surface area contributed by atoms with Crippen molar-refractivity contribution in [2.75, 3.05) is 40.5 Å². The van der Waals surface area contributed by atoms with Crippen molar-refractivity contribution in [3.05, 3.63) is 46.8 Å². The number of aromatic nitrogens is 3. The van der Waals surface area contributed by atoms with Gasteiger partial charge >= 0.3 is 0 Å². The first-order valence-electron chi connectivity index (χ1n) is 11.8. The van der Waals surface area contributed by atoms with E-state index in [-0.39, 0.29) is 5.56 Å². The molecule has 2 aromatic carbocycles. The van der Waals surface area contributed by atoms with E-state index in [1.807, 2.05) is 24.3 Å². The number of methoxy groups -OCH3 is 2. The molecule has 1 fully saturated rings. The van der Waals surface area contributed by atoms with Crippen molar-refractivity contribution in [1.82, 2.24) is 19.9 Å². The molecule has 3 heterocycles. The molecule has 2 N–H and O–H groups in total. The van der Waals surface area contributed by atoms with Crippen LogP contribution >= 0.6 is 0 Å². The lowest BCUT2D eigenvalue weighted by Gasteiger charge is -2.26. The largest absolute Gasteiger partial charge is 0.493 e. The highest BCUT2D eigenvalue weighted by molar-refractivity contribution is 5.87. The van der Waals surface area contributed by atoms with Crippen LogP contribution in [0.5, 0.6) is 17.2 Å². The highest BCUT2D eigenvalue weighted by Gasteiger charge is 2.14. The number of rotatable bonds is 8. The number of nitrogens with zero attached hydrogens (tertiary/aromatic N) is 2. The van der Waals surface area contributed by atoms with Gasteiger partial charge in [-0.05, 0) is 50.6 Å². The molecule has 8 nitrogen and oxygen atoms in total. The van der Waals surface area contributed by atoms with Crippen molar-refractivity contribution < 1.29 is 14.2 Å². The second-order valence-corrected chi connectivity index (χ2v) is 8.68. The second-order valence-electron chi connectivity index (χ2n) is 8.68. The molecule has 0 saturated carbocycles. The molecule has 0 unspecified atom stereocenters. The van der Waals surface area contributed by atoms with E-state index in [9.17, 15) is 4.79 Å². The van der Waals surface area contributed by atoms with Gasteiger partial charge in [-0.15, -0.1) is 0 Å². The summed E-state index contributed by atoms with van der Waals surface area (Å²) in [7, 11) is 3.13. The van der Waals surface area contributed by atoms with Gasteiger partial charge in [-0.25, -0.2) is 4.98 Å². The van der Waals surface area contributed by atoms with E-state index in [2.05, 4.69) is 19.9 Å². The third-order valence-corrected chi connectivity index (χ3v) is 6.38. The molecule has 5 rings (SSSR count). The van der Waals surface area contributed by atoms with Gasteiger partial charge in [0, 0.05) is 35.6 Å². The Bertz CT molecular complexity index is 1350. The number of benzene rings is 2. The van der Waals surface area contributed by atoms with Gasteiger partial charge in [-0.1, -0.05) is 6.42 Å². The molecular weight excluding hydrogens is 432 g/mol. The molecule has 0 bridgehead atoms. The quantitative estimate of drug-likeness (QED) is 0.379. The predicted molar refractivity (Wildman–Crippen MR) is 133 cm³/mol. The first-order chi connectivity index (χ1) is 16.6. The Morgan fingerprint density at radius 2 is 1.74 bits per heavy atom. The first-order valence-corrected chi connectivity index (χ1v) is 11.8. The summed E-state index contributed by atoms with van der Waals surface area (Å²) in [6.07, 6.45) is 4.99. The number of ether oxygens (including phenoxy) is 3. The van der Waals surface area contributed by atoms with E-state index in [1.54, 1.807) is 26.4 Å². The molecule has 178 valence electrons. The lowest BCUT2D eigenvalue weighted by atomic mass is 10.1. The van der Waals surface area contributed by atoms with Gasteiger partial charge in [0.25, 0.3) is 5.56 Å². The summed E-state index contributed by atoms with van der Waals surface area (Å²) >= 11 is 0. The molecule has 2 aromatic heterocycles. The van der Waals surface area contributed by atoms with Gasteiger partial charge < -0.3 is 29.1 Å². The summed E-state index contributed by atoms with van der Waals surface area (Å²) in [6.45, 7) is 4.19. The van der Waals surface area contributed by atoms with E-state index in [1.165, 1.54) is 32.4 Å². The third kappa shape index (κ3) is 4.59. The average Bonchev–Trinajstić information content (AvgIpc) is 3.29. The van der Waals surface area contributed by atoms with E-state index in [0.717, 1.165) is 29.6 Å². The number of fused-ring (bicyclic) bond motifs is 2. The Morgan fingerprint density at radius 3 is 2.53 bits per heavy atom. The van der Waals surface area contributed by atoms with Gasteiger partial charge in [0.1, 0.15) is 5.75 Å². The summed E-state index contributed by atoms with van der Waals surface area (Å²) in [4.78, 5) is 26.1. The first kappa shape index (κ1) is 22.3. The molecule has 0 amide bonds. The number of hydrogen-bond acceptors (Lipinski definition) is 6. The summed E-state index contributed by atoms with van der Waals surface area (Å²) in [5.41, 5.74) is 2.79. The predicted octanol–water partition coefficient (Wildman–Crippen LogP) is 4.34. The SMILES string of the molecule is COc1cc2nc(-c3cc4ccc(OCCCN5CCCCC5)cc4[nH]3)c(=O)[nH]c2cc1OC. The summed E-state index contributed by atoms with van der Waals surface area (Å²) < 4.78 is 16.7. The fraction of sp³-hybridized carbons (Fsp3) is 0.385. The van der Waals surface area contributed by atoms with Crippen LogP contribution in [0, 0.1) is 0 Å². The smallest absolute Gasteiger partial charge is 0.276 e. The van der Waals surface area contributed by atoms with Crippen molar-refractivity contribution in [2.45, 2.75) is 25.7 Å². The van der Waals surface area contributed by atoms with Crippen LogP contribution < -0.4 is 19.8 Å². The van der Waals surface area contributed by atoms with E-state index in [4.69, 9.17) is 14.2 Å². The van der Waals surface area contributed by atoms with Crippen molar-refractivity contribution in [3.63, 3.8) is 0 Å². The van der Waals surface area contributed by atoms with Gasteiger partial charge in [-0.3, -0.25) is 4.79 Å². The Kier molecular flexibility index (Phi) is 6.40. The highest BCUT2D eigenvalue weighted by atomic mass is 16.5. The molecule has 0 aliphatic carbocycles. The monoisotopic (exact) mass is 462 g/mol. The van der Waals surface area contributed by atoms with Crippen molar-refractivity contribution in [3.8, 4) is 28.6 Å². The number of hydrogen-bond donors (Lipinski definition) is 2. The van der Waals surface area contributed by atoms with Crippen LogP contribution in [-0.4, -0.2) is 60.3 Å². The lowest BCUT2D eigenvalue weighted by Crippen LogP contribution is -2.31. The molecular formula is C26H30N4O4. The number of aromatic amines is 2. The maximum atomic E-state index is 12.8. The normalized spacial score (nSPS) is 14.5. The van der Waals surface area contributed by atoms with E-state index >= 15 is 0 Å². The van der Waals surface area contributed by atoms with Crippen LogP contribution in [0.15, 0.2) is 41.2 Å². The van der Waals surface area contributed by atoms with Crippen molar-refractivity contribution >= 4 is 21.9 Å². The van der Waals surface area contributed by atoms with Gasteiger partial charge in [0.2, 0.25) is 0 Å². The molecule has 0 spiro atoms. The van der Waals surface area contributed by atoms with Crippen LogP contribution in [0.2, 0.25) is 0 Å². The molecule has 0 atom stereocenters. The third-order valence-electron chi connectivity index (χ3n) is 6.38. The lowest BCUT2D eigenvalue weighted by molar-refractivity contribution is 0.205. The van der Waals surface area contributed by atoms with Crippen molar-refractivity contribution in [1.29, 1.82) is 0 Å². The minimum Gasteiger partial charge on any atom is -0.493 e. The van der Waals surface area contributed by atoms with Crippen LogP contribution in [0.3, 0.4) is 0 Å². The maximum absolute atomic E-state index is 12.8. The van der Waals surface area contributed by atoms with Crippen molar-refractivity contribution in [2.24, 2.45) is 0 Å². The molecule has 4 aromatic rings. The topological polar surface area (TPSA) is 92.5 Å². The van der Waals surface area contributed by atoms with Crippen LogP contribution in [-0.2, 0) is 0 Å². The number of likely N-dealkylation sites (tertiary alicyclic amines) is 1. The van der Waals surface area contributed by atoms with E-state index in [0.29, 0.717) is 40.5 Å². The zero-order valence-electron chi connectivity index (χ0n) is 19.6. The minimum absolute atomic E-state index is 0.277. The van der Waals surface area contributed by atoms with Crippen LogP contribution in [0.4, 0.5) is 0 Å². The average molecular weight is 463 g/mol. The fourth-order valence-electron chi connectivity index (χ4n) is 4.58. The number of nitrogens with one attached hydrogen (secondary N) is 2. The zero-order chi connectivity index (χ0) is 23.5. The Hall–Kier alpha value is -3.52. The molecule has 1 saturated heterocycles. The Balaban J connectivity index is 1.34. The molecule has 1 aliphatic heterocycles. The van der Waals surface area contributed by atoms with Gasteiger partial charge in [0.05, 0.1) is 37.6 Å². The number of piperidine rings is 1. The van der Waals surface area contributed by atoms with Gasteiger partial charge in [0.15, 0.2) is 17.2 Å². The summed E-state index contributed by atoms with van der Waals surface area (Å²) in [5, 5.41) is 0.990. The molecule has 34 heavy (non-hydrogen) atoms. The fourth-order valence-corrected chi connectivity index (χ4v) is 4.58. The van der Waals surface area contributed by atoms with Gasteiger partial charge in [-0.2, -0.15) is 0 Å². The zero-order valence-corrected chi connectivity index (χ0v) is 19.6. The molecule has 1 aliphatic rings. The summed E-state index contributed by atoms with van der Waals surface area (Å²) in [5.74, 6) is 1.91. The Labute approximate surface area is 197 Å². The molecule has 8 heteroatoms.